The van der Waals surface area contributed by atoms with Crippen LogP contribution in [0.25, 0.3) is 0 Å². The Kier molecular flexibility index (Phi) is 5.70. The molecule has 112 valence electrons. The Morgan fingerprint density at radius 3 is 2.45 bits per heavy atom. The third-order valence-electron chi connectivity index (χ3n) is 3.38. The third kappa shape index (κ3) is 3.58. The molecule has 0 spiro atoms. The van der Waals surface area contributed by atoms with Crippen LogP contribution in [-0.4, -0.2) is 37.6 Å². The molecule has 1 aliphatic rings. The largest absolute Gasteiger partial charge is 0.328 e. The summed E-state index contributed by atoms with van der Waals surface area (Å²) >= 11 is 0. The molecule has 0 aromatic heterocycles. The van der Waals surface area contributed by atoms with Crippen molar-refractivity contribution in [2.24, 2.45) is 5.73 Å². The van der Waals surface area contributed by atoms with Gasteiger partial charge in [-0.15, -0.1) is 12.4 Å². The Morgan fingerprint density at radius 2 is 1.90 bits per heavy atom. The van der Waals surface area contributed by atoms with Crippen molar-refractivity contribution in [3.8, 4) is 0 Å². The van der Waals surface area contributed by atoms with E-state index in [4.69, 9.17) is 5.73 Å². The van der Waals surface area contributed by atoms with Crippen LogP contribution in [0.1, 0.15) is 30.1 Å². The molecule has 1 fully saturated rings. The van der Waals surface area contributed by atoms with Crippen LogP contribution in [0.4, 0.5) is 0 Å². The molecule has 1 aromatic carbocycles. The number of rotatable bonds is 3. The summed E-state index contributed by atoms with van der Waals surface area (Å²) in [5.74, 6) is -0.141. The fourth-order valence-corrected chi connectivity index (χ4v) is 3.66. The first kappa shape index (κ1) is 17.1. The minimum atomic E-state index is -3.52. The maximum Gasteiger partial charge on any atom is 0.243 e. The van der Waals surface area contributed by atoms with Gasteiger partial charge in [0.05, 0.1) is 4.90 Å². The molecule has 0 saturated carbocycles. The van der Waals surface area contributed by atoms with E-state index in [0.717, 1.165) is 0 Å². The third-order valence-corrected chi connectivity index (χ3v) is 5.27. The van der Waals surface area contributed by atoms with Crippen LogP contribution >= 0.6 is 12.4 Å². The Bertz CT molecular complexity index is 581. The van der Waals surface area contributed by atoms with Crippen molar-refractivity contribution < 1.29 is 13.2 Å². The van der Waals surface area contributed by atoms with Gasteiger partial charge in [0.25, 0.3) is 0 Å². The number of benzene rings is 1. The van der Waals surface area contributed by atoms with Crippen molar-refractivity contribution in [1.29, 1.82) is 0 Å². The molecule has 2 rings (SSSR count). The van der Waals surface area contributed by atoms with Gasteiger partial charge in [0.15, 0.2) is 5.78 Å². The lowest BCUT2D eigenvalue weighted by molar-refractivity contribution is 0.101. The molecule has 5 nitrogen and oxygen atoms in total. The number of carbonyl (C=O) groups is 1. The highest BCUT2D eigenvalue weighted by Crippen LogP contribution is 2.21. The van der Waals surface area contributed by atoms with E-state index in [0.29, 0.717) is 31.5 Å². The average Bonchev–Trinajstić information content (AvgIpc) is 2.39. The second-order valence-corrected chi connectivity index (χ2v) is 6.76. The van der Waals surface area contributed by atoms with Crippen molar-refractivity contribution in [3.05, 3.63) is 29.8 Å². The number of carbonyl (C=O) groups excluding carboxylic acids is 1. The average molecular weight is 319 g/mol. The van der Waals surface area contributed by atoms with Crippen molar-refractivity contribution in [3.63, 3.8) is 0 Å². The van der Waals surface area contributed by atoms with Crippen LogP contribution in [0.15, 0.2) is 29.2 Å². The predicted molar refractivity (Wildman–Crippen MR) is 79.7 cm³/mol. The Morgan fingerprint density at radius 1 is 1.30 bits per heavy atom. The smallest absolute Gasteiger partial charge is 0.243 e. The SMILES string of the molecule is CC(=O)c1cccc(S(=O)(=O)N2CCC(N)CC2)c1.Cl. The number of hydrogen-bond donors (Lipinski definition) is 1. The van der Waals surface area contributed by atoms with E-state index >= 15 is 0 Å². The zero-order chi connectivity index (χ0) is 14.0. The van der Waals surface area contributed by atoms with Gasteiger partial charge >= 0.3 is 0 Å². The van der Waals surface area contributed by atoms with E-state index in [1.54, 1.807) is 12.1 Å². The van der Waals surface area contributed by atoms with Crippen LogP contribution in [0.5, 0.6) is 0 Å². The second-order valence-electron chi connectivity index (χ2n) is 4.83. The monoisotopic (exact) mass is 318 g/mol. The predicted octanol–water partition coefficient (Wildman–Crippen LogP) is 1.42. The van der Waals surface area contributed by atoms with Crippen LogP contribution in [0, 0.1) is 0 Å². The number of Topliss-reactive ketones (excluding diaryl/α,β-unsaturated/α-hetero) is 1. The minimum Gasteiger partial charge on any atom is -0.328 e. The highest BCUT2D eigenvalue weighted by molar-refractivity contribution is 7.89. The first-order valence-corrected chi connectivity index (χ1v) is 7.72. The molecule has 1 aromatic rings. The summed E-state index contributed by atoms with van der Waals surface area (Å²) < 4.78 is 26.3. The molecule has 1 heterocycles. The summed E-state index contributed by atoms with van der Waals surface area (Å²) in [7, 11) is -3.52. The first-order valence-electron chi connectivity index (χ1n) is 6.28. The topological polar surface area (TPSA) is 80.5 Å². The summed E-state index contributed by atoms with van der Waals surface area (Å²) in [4.78, 5) is 11.5. The van der Waals surface area contributed by atoms with Gasteiger partial charge in [-0.2, -0.15) is 4.31 Å². The van der Waals surface area contributed by atoms with Crippen molar-refractivity contribution in [2.45, 2.75) is 30.7 Å². The zero-order valence-corrected chi connectivity index (χ0v) is 12.9. The quantitative estimate of drug-likeness (QED) is 0.855. The molecule has 0 atom stereocenters. The number of ketones is 1. The molecule has 1 aliphatic heterocycles. The molecule has 0 radical (unpaired) electrons. The van der Waals surface area contributed by atoms with Crippen LogP contribution in [-0.2, 0) is 10.0 Å². The summed E-state index contributed by atoms with van der Waals surface area (Å²) in [5.41, 5.74) is 6.19. The minimum absolute atomic E-state index is 0. The molecule has 0 unspecified atom stereocenters. The summed E-state index contributed by atoms with van der Waals surface area (Å²) in [5, 5.41) is 0. The number of halogens is 1. The van der Waals surface area contributed by atoms with Gasteiger partial charge in [0.2, 0.25) is 10.0 Å². The second kappa shape index (κ2) is 6.67. The van der Waals surface area contributed by atoms with E-state index < -0.39 is 10.0 Å². The first-order chi connectivity index (χ1) is 8.91. The Hall–Kier alpha value is -0.950. The van der Waals surface area contributed by atoms with Gasteiger partial charge in [0, 0.05) is 24.7 Å². The summed E-state index contributed by atoms with van der Waals surface area (Å²) in [6.07, 6.45) is 1.34. The van der Waals surface area contributed by atoms with Crippen LogP contribution in [0.2, 0.25) is 0 Å². The standard InChI is InChI=1S/C13H18N2O3S.ClH/c1-10(16)11-3-2-4-13(9-11)19(17,18)15-7-5-12(14)6-8-15;/h2-4,9,12H,5-8,14H2,1H3;1H. The molecule has 7 heteroatoms. The number of nitrogens with two attached hydrogens (primary N) is 1. The molecule has 2 N–H and O–H groups in total. The Balaban J connectivity index is 0.00000200. The fourth-order valence-electron chi connectivity index (χ4n) is 2.14. The zero-order valence-electron chi connectivity index (χ0n) is 11.3. The molecular weight excluding hydrogens is 300 g/mol. The molecule has 1 saturated heterocycles. The number of sulfonamides is 1. The lowest BCUT2D eigenvalue weighted by Crippen LogP contribution is -2.42. The maximum atomic E-state index is 12.4. The normalized spacial score (nSPS) is 17.5. The van der Waals surface area contributed by atoms with Crippen molar-refractivity contribution in [2.75, 3.05) is 13.1 Å². The Labute approximate surface area is 125 Å². The maximum absolute atomic E-state index is 12.4. The number of nitrogens with zero attached hydrogens (tertiary/aromatic N) is 1. The van der Waals surface area contributed by atoms with Gasteiger partial charge in [-0.25, -0.2) is 8.42 Å². The van der Waals surface area contributed by atoms with E-state index in [2.05, 4.69) is 0 Å². The van der Waals surface area contributed by atoms with Gasteiger partial charge in [-0.3, -0.25) is 4.79 Å². The lowest BCUT2D eigenvalue weighted by atomic mass is 10.1. The summed E-state index contributed by atoms with van der Waals surface area (Å²) in [6, 6.07) is 6.25. The van der Waals surface area contributed by atoms with E-state index in [9.17, 15) is 13.2 Å². The van der Waals surface area contributed by atoms with Crippen LogP contribution in [0.3, 0.4) is 0 Å². The lowest BCUT2D eigenvalue weighted by Gasteiger charge is -2.29. The number of piperidine rings is 1. The van der Waals surface area contributed by atoms with Crippen molar-refractivity contribution >= 4 is 28.2 Å². The van der Waals surface area contributed by atoms with Gasteiger partial charge < -0.3 is 5.73 Å². The molecule has 0 aliphatic carbocycles. The van der Waals surface area contributed by atoms with Gasteiger partial charge in [-0.1, -0.05) is 12.1 Å². The van der Waals surface area contributed by atoms with E-state index in [1.807, 2.05) is 0 Å². The summed E-state index contributed by atoms with van der Waals surface area (Å²) in [6.45, 7) is 2.30. The molecule has 0 amide bonds. The highest BCUT2D eigenvalue weighted by Gasteiger charge is 2.28. The van der Waals surface area contributed by atoms with E-state index in [1.165, 1.54) is 23.4 Å². The molecule has 0 bridgehead atoms. The van der Waals surface area contributed by atoms with Crippen molar-refractivity contribution in [1.82, 2.24) is 4.31 Å². The van der Waals surface area contributed by atoms with Crippen LogP contribution < -0.4 is 5.73 Å². The van der Waals surface area contributed by atoms with Gasteiger partial charge in [0.1, 0.15) is 0 Å². The fraction of sp³-hybridized carbons (Fsp3) is 0.462. The molecule has 20 heavy (non-hydrogen) atoms. The van der Waals surface area contributed by atoms with E-state index in [-0.39, 0.29) is 29.1 Å². The highest BCUT2D eigenvalue weighted by atomic mass is 35.5. The number of hydrogen-bond acceptors (Lipinski definition) is 4. The van der Waals surface area contributed by atoms with Gasteiger partial charge in [-0.05, 0) is 31.9 Å². The molecular formula is C13H19ClN2O3S.